The Morgan fingerprint density at radius 1 is 1.17 bits per heavy atom. The molecule has 1 aromatic rings. The van der Waals surface area contributed by atoms with E-state index in [0.29, 0.717) is 5.75 Å². The van der Waals surface area contributed by atoms with Crippen molar-refractivity contribution in [2.75, 3.05) is 0 Å². The standard InChI is InChI=1S/C6H6O.C2H3N.C2H6/c7-6-4-2-1-3-5-6;1-2-3;1-2/h1-5,7H;1H3;1-2H3. The lowest BCUT2D eigenvalue weighted by Gasteiger charge is -1.82. The predicted molar refractivity (Wildman–Crippen MR) is 50.7 cm³/mol. The topological polar surface area (TPSA) is 44.0 Å². The third-order valence-electron chi connectivity index (χ3n) is 0.756. The van der Waals surface area contributed by atoms with E-state index >= 15 is 0 Å². The summed E-state index contributed by atoms with van der Waals surface area (Å²) in [7, 11) is 0. The van der Waals surface area contributed by atoms with Gasteiger partial charge in [0.05, 0.1) is 6.07 Å². The van der Waals surface area contributed by atoms with E-state index < -0.39 is 0 Å². The molecule has 0 fully saturated rings. The van der Waals surface area contributed by atoms with E-state index in [1.807, 2.05) is 19.9 Å². The van der Waals surface area contributed by atoms with Crippen molar-refractivity contribution in [3.8, 4) is 11.8 Å². The minimum atomic E-state index is 0.322. The Morgan fingerprint density at radius 2 is 1.50 bits per heavy atom. The zero-order valence-electron chi connectivity index (χ0n) is 7.78. The van der Waals surface area contributed by atoms with Crippen molar-refractivity contribution in [2.45, 2.75) is 20.8 Å². The second-order valence-corrected chi connectivity index (χ2v) is 1.56. The van der Waals surface area contributed by atoms with Gasteiger partial charge in [-0.15, -0.1) is 0 Å². The highest BCUT2D eigenvalue weighted by atomic mass is 16.3. The van der Waals surface area contributed by atoms with Crippen molar-refractivity contribution in [2.24, 2.45) is 0 Å². The van der Waals surface area contributed by atoms with Crippen LogP contribution >= 0.6 is 0 Å². The van der Waals surface area contributed by atoms with Crippen molar-refractivity contribution < 1.29 is 5.11 Å². The van der Waals surface area contributed by atoms with Gasteiger partial charge in [-0.05, 0) is 12.1 Å². The average molecular weight is 165 g/mol. The van der Waals surface area contributed by atoms with E-state index in [-0.39, 0.29) is 0 Å². The number of nitrogens with zero attached hydrogens (tertiary/aromatic N) is 1. The first-order valence-electron chi connectivity index (χ1n) is 3.86. The molecule has 2 heteroatoms. The van der Waals surface area contributed by atoms with Gasteiger partial charge in [0.1, 0.15) is 5.75 Å². The molecule has 0 aliphatic carbocycles. The number of rotatable bonds is 0. The molecule has 0 aliphatic rings. The van der Waals surface area contributed by atoms with Crippen LogP contribution in [0.4, 0.5) is 0 Å². The van der Waals surface area contributed by atoms with Gasteiger partial charge in [-0.3, -0.25) is 0 Å². The molecule has 0 unspecified atom stereocenters. The number of aromatic hydroxyl groups is 1. The van der Waals surface area contributed by atoms with Crippen LogP contribution in [0.5, 0.6) is 5.75 Å². The SMILES string of the molecule is CC.CC#N.Oc1ccccc1. The van der Waals surface area contributed by atoms with E-state index in [4.69, 9.17) is 10.4 Å². The molecule has 0 bridgehead atoms. The van der Waals surface area contributed by atoms with Crippen molar-refractivity contribution in [1.82, 2.24) is 0 Å². The number of benzene rings is 1. The summed E-state index contributed by atoms with van der Waals surface area (Å²) in [4.78, 5) is 0. The second-order valence-electron chi connectivity index (χ2n) is 1.56. The molecule has 1 aromatic carbocycles. The van der Waals surface area contributed by atoms with Crippen molar-refractivity contribution in [3.63, 3.8) is 0 Å². The maximum atomic E-state index is 8.63. The summed E-state index contributed by atoms with van der Waals surface area (Å²) in [6.07, 6.45) is 0. The van der Waals surface area contributed by atoms with Gasteiger partial charge in [0.25, 0.3) is 0 Å². The molecule has 0 spiro atoms. The van der Waals surface area contributed by atoms with Gasteiger partial charge < -0.3 is 5.11 Å². The Labute approximate surface area is 74.1 Å². The highest BCUT2D eigenvalue weighted by Crippen LogP contribution is 2.02. The van der Waals surface area contributed by atoms with E-state index in [2.05, 4.69) is 0 Å². The van der Waals surface area contributed by atoms with Gasteiger partial charge in [0.2, 0.25) is 0 Å². The fraction of sp³-hybridized carbons (Fsp3) is 0.300. The number of nitriles is 1. The van der Waals surface area contributed by atoms with Crippen LogP contribution in [-0.4, -0.2) is 5.11 Å². The smallest absolute Gasteiger partial charge is 0.115 e. The average Bonchev–Trinajstić information content (AvgIpc) is 2.11. The van der Waals surface area contributed by atoms with Crippen molar-refractivity contribution in [1.29, 1.82) is 5.26 Å². The third-order valence-corrected chi connectivity index (χ3v) is 0.756. The van der Waals surface area contributed by atoms with Gasteiger partial charge >= 0.3 is 0 Å². The molecule has 66 valence electrons. The summed E-state index contributed by atoms with van der Waals surface area (Å²) in [5, 5.41) is 16.0. The van der Waals surface area contributed by atoms with Gasteiger partial charge in [0.15, 0.2) is 0 Å². The molecule has 0 aromatic heterocycles. The van der Waals surface area contributed by atoms with E-state index in [1.165, 1.54) is 6.92 Å². The Bertz CT molecular complexity index is 201. The van der Waals surface area contributed by atoms with Crippen LogP contribution < -0.4 is 0 Å². The summed E-state index contributed by atoms with van der Waals surface area (Å²) in [5.74, 6) is 0.322. The largest absolute Gasteiger partial charge is 0.508 e. The molecule has 0 amide bonds. The Morgan fingerprint density at radius 3 is 1.67 bits per heavy atom. The molecular weight excluding hydrogens is 150 g/mol. The van der Waals surface area contributed by atoms with Crippen LogP contribution in [0, 0.1) is 11.3 Å². The van der Waals surface area contributed by atoms with E-state index in [1.54, 1.807) is 30.3 Å². The van der Waals surface area contributed by atoms with Crippen LogP contribution in [-0.2, 0) is 0 Å². The van der Waals surface area contributed by atoms with Crippen LogP contribution in [0.25, 0.3) is 0 Å². The number of para-hydroxylation sites is 1. The minimum absolute atomic E-state index is 0.322. The number of phenols is 1. The molecule has 1 N–H and O–H groups in total. The molecule has 0 saturated heterocycles. The lowest BCUT2D eigenvalue weighted by Crippen LogP contribution is -1.56. The molecule has 1 rings (SSSR count). The fourth-order valence-electron chi connectivity index (χ4n) is 0.428. The molecular formula is C10H15NO. The van der Waals surface area contributed by atoms with Gasteiger partial charge in [-0.2, -0.15) is 5.26 Å². The molecule has 0 heterocycles. The maximum Gasteiger partial charge on any atom is 0.115 e. The minimum Gasteiger partial charge on any atom is -0.508 e. The fourth-order valence-corrected chi connectivity index (χ4v) is 0.428. The van der Waals surface area contributed by atoms with Crippen LogP contribution in [0.1, 0.15) is 20.8 Å². The van der Waals surface area contributed by atoms with Gasteiger partial charge in [0, 0.05) is 6.92 Å². The lowest BCUT2D eigenvalue weighted by atomic mass is 10.3. The third kappa shape index (κ3) is 11.3. The van der Waals surface area contributed by atoms with Crippen LogP contribution in [0.2, 0.25) is 0 Å². The van der Waals surface area contributed by atoms with Crippen LogP contribution in [0.15, 0.2) is 30.3 Å². The zero-order valence-corrected chi connectivity index (χ0v) is 7.78. The van der Waals surface area contributed by atoms with E-state index in [0.717, 1.165) is 0 Å². The molecule has 0 radical (unpaired) electrons. The van der Waals surface area contributed by atoms with Crippen molar-refractivity contribution in [3.05, 3.63) is 30.3 Å². The molecule has 2 nitrogen and oxygen atoms in total. The summed E-state index contributed by atoms with van der Waals surface area (Å²) in [6.45, 7) is 5.43. The van der Waals surface area contributed by atoms with Crippen LogP contribution in [0.3, 0.4) is 0 Å². The summed E-state index contributed by atoms with van der Waals surface area (Å²) < 4.78 is 0. The number of hydrogen-bond acceptors (Lipinski definition) is 2. The first kappa shape index (κ1) is 13.1. The summed E-state index contributed by atoms with van der Waals surface area (Å²) in [5.41, 5.74) is 0. The number of hydrogen-bond donors (Lipinski definition) is 1. The van der Waals surface area contributed by atoms with Gasteiger partial charge in [-0.25, -0.2) is 0 Å². The quantitative estimate of drug-likeness (QED) is 0.642. The Kier molecular flexibility index (Phi) is 13.4. The first-order valence-corrected chi connectivity index (χ1v) is 3.86. The molecule has 12 heavy (non-hydrogen) atoms. The second kappa shape index (κ2) is 12.2. The lowest BCUT2D eigenvalue weighted by molar-refractivity contribution is 0.475. The van der Waals surface area contributed by atoms with E-state index in [9.17, 15) is 0 Å². The highest BCUT2D eigenvalue weighted by molar-refractivity contribution is 5.18. The zero-order chi connectivity index (χ0) is 9.82. The van der Waals surface area contributed by atoms with Gasteiger partial charge in [-0.1, -0.05) is 32.0 Å². The number of phenolic OH excluding ortho intramolecular Hbond substituents is 1. The normalized spacial score (nSPS) is 6.17. The maximum absolute atomic E-state index is 8.63. The Hall–Kier alpha value is -1.49. The predicted octanol–water partition coefficient (Wildman–Crippen LogP) is 2.95. The summed E-state index contributed by atoms with van der Waals surface area (Å²) in [6, 6.07) is 10.5. The van der Waals surface area contributed by atoms with Crippen molar-refractivity contribution >= 4 is 0 Å². The molecule has 0 saturated carbocycles. The highest BCUT2D eigenvalue weighted by Gasteiger charge is 1.74. The molecule has 0 atom stereocenters. The molecule has 0 aliphatic heterocycles. The Balaban J connectivity index is 0. The summed E-state index contributed by atoms with van der Waals surface area (Å²) >= 11 is 0. The monoisotopic (exact) mass is 165 g/mol. The first-order chi connectivity index (χ1) is 5.81.